The van der Waals surface area contributed by atoms with Crippen molar-refractivity contribution in [3.8, 4) is 0 Å². The van der Waals surface area contributed by atoms with Gasteiger partial charge in [-0.25, -0.2) is 14.8 Å². The molecule has 20 heavy (non-hydrogen) atoms. The standard InChI is InChI=1S/C15H23N3O2/c1-4-15(5-2)6-8-18(9-7-15)14-16-11(3)10-12(17-14)13(19)20/h10H,4-9H2,1-3H3,(H,19,20). The topological polar surface area (TPSA) is 66.3 Å². The van der Waals surface area contributed by atoms with E-state index in [2.05, 4.69) is 28.7 Å². The third-order valence-corrected chi connectivity index (χ3v) is 4.67. The molecule has 5 heteroatoms. The van der Waals surface area contributed by atoms with Crippen LogP contribution in [-0.4, -0.2) is 34.1 Å². The normalized spacial score (nSPS) is 18.1. The van der Waals surface area contributed by atoms with Gasteiger partial charge in [-0.05, 0) is 31.2 Å². The third-order valence-electron chi connectivity index (χ3n) is 4.67. The minimum absolute atomic E-state index is 0.0790. The first-order valence-corrected chi connectivity index (χ1v) is 7.33. The Morgan fingerprint density at radius 2 is 1.90 bits per heavy atom. The van der Waals surface area contributed by atoms with E-state index < -0.39 is 5.97 Å². The van der Waals surface area contributed by atoms with Crippen molar-refractivity contribution in [1.82, 2.24) is 9.97 Å². The van der Waals surface area contributed by atoms with Crippen LogP contribution in [0.4, 0.5) is 5.95 Å². The molecule has 0 unspecified atom stereocenters. The minimum Gasteiger partial charge on any atom is -0.477 e. The van der Waals surface area contributed by atoms with Crippen molar-refractivity contribution in [3.63, 3.8) is 0 Å². The number of hydrogen-bond acceptors (Lipinski definition) is 4. The second kappa shape index (κ2) is 5.77. The zero-order valence-corrected chi connectivity index (χ0v) is 12.5. The van der Waals surface area contributed by atoms with Crippen molar-refractivity contribution in [1.29, 1.82) is 0 Å². The highest BCUT2D eigenvalue weighted by Gasteiger charge is 2.32. The molecule has 1 aliphatic rings. The Balaban J connectivity index is 2.16. The van der Waals surface area contributed by atoms with Gasteiger partial charge in [0.1, 0.15) is 0 Å². The molecule has 2 heterocycles. The molecule has 1 saturated heterocycles. The highest BCUT2D eigenvalue weighted by Crippen LogP contribution is 2.38. The molecular weight excluding hydrogens is 254 g/mol. The van der Waals surface area contributed by atoms with Crippen molar-refractivity contribution < 1.29 is 9.90 Å². The summed E-state index contributed by atoms with van der Waals surface area (Å²) in [6, 6.07) is 1.51. The molecule has 1 aromatic rings. The molecule has 1 aromatic heterocycles. The summed E-state index contributed by atoms with van der Waals surface area (Å²) in [5.41, 5.74) is 1.22. The van der Waals surface area contributed by atoms with E-state index in [-0.39, 0.29) is 5.69 Å². The van der Waals surface area contributed by atoms with E-state index in [1.165, 1.54) is 18.9 Å². The summed E-state index contributed by atoms with van der Waals surface area (Å²) in [6.45, 7) is 8.13. The first-order chi connectivity index (χ1) is 9.49. The predicted octanol–water partition coefficient (Wildman–Crippen LogP) is 2.89. The molecule has 0 amide bonds. The Morgan fingerprint density at radius 1 is 1.30 bits per heavy atom. The van der Waals surface area contributed by atoms with E-state index >= 15 is 0 Å². The number of nitrogens with zero attached hydrogens (tertiary/aromatic N) is 3. The van der Waals surface area contributed by atoms with Gasteiger partial charge in [-0.15, -0.1) is 0 Å². The first kappa shape index (κ1) is 14.8. The summed E-state index contributed by atoms with van der Waals surface area (Å²) < 4.78 is 0. The van der Waals surface area contributed by atoms with Gasteiger partial charge in [0.15, 0.2) is 5.69 Å². The Hall–Kier alpha value is -1.65. The first-order valence-electron chi connectivity index (χ1n) is 7.33. The summed E-state index contributed by atoms with van der Waals surface area (Å²) in [5, 5.41) is 9.08. The van der Waals surface area contributed by atoms with Crippen LogP contribution in [0.5, 0.6) is 0 Å². The monoisotopic (exact) mass is 277 g/mol. The van der Waals surface area contributed by atoms with Crippen LogP contribution in [0.1, 0.15) is 55.7 Å². The predicted molar refractivity (Wildman–Crippen MR) is 78.2 cm³/mol. The fraction of sp³-hybridized carbons (Fsp3) is 0.667. The maximum atomic E-state index is 11.1. The second-order valence-corrected chi connectivity index (χ2v) is 5.69. The Bertz CT molecular complexity index is 488. The van der Waals surface area contributed by atoms with Gasteiger partial charge >= 0.3 is 5.97 Å². The smallest absolute Gasteiger partial charge is 0.354 e. The van der Waals surface area contributed by atoms with Crippen LogP contribution in [-0.2, 0) is 0 Å². The summed E-state index contributed by atoms with van der Waals surface area (Å²) in [7, 11) is 0. The molecule has 1 aliphatic heterocycles. The lowest BCUT2D eigenvalue weighted by Crippen LogP contribution is -2.40. The average Bonchev–Trinajstić information content (AvgIpc) is 2.46. The number of carboxylic acids is 1. The van der Waals surface area contributed by atoms with Crippen LogP contribution in [0.2, 0.25) is 0 Å². The van der Waals surface area contributed by atoms with Gasteiger partial charge < -0.3 is 10.0 Å². The van der Waals surface area contributed by atoms with Crippen LogP contribution in [0.15, 0.2) is 6.07 Å². The molecule has 0 saturated carbocycles. The number of aromatic nitrogens is 2. The number of piperidine rings is 1. The second-order valence-electron chi connectivity index (χ2n) is 5.69. The highest BCUT2D eigenvalue weighted by molar-refractivity contribution is 5.85. The summed E-state index contributed by atoms with van der Waals surface area (Å²) >= 11 is 0. The third kappa shape index (κ3) is 2.92. The molecule has 0 radical (unpaired) electrons. The van der Waals surface area contributed by atoms with Crippen LogP contribution in [0.25, 0.3) is 0 Å². The number of carboxylic acid groups (broad SMARTS) is 1. The molecule has 0 bridgehead atoms. The lowest BCUT2D eigenvalue weighted by Gasteiger charge is -2.41. The van der Waals surface area contributed by atoms with Gasteiger partial charge in [0.25, 0.3) is 0 Å². The largest absolute Gasteiger partial charge is 0.477 e. The van der Waals surface area contributed by atoms with E-state index in [4.69, 9.17) is 5.11 Å². The van der Waals surface area contributed by atoms with Gasteiger partial charge in [0.05, 0.1) is 0 Å². The van der Waals surface area contributed by atoms with Gasteiger partial charge in [0.2, 0.25) is 5.95 Å². The zero-order valence-electron chi connectivity index (χ0n) is 12.5. The lowest BCUT2D eigenvalue weighted by atomic mass is 9.74. The van der Waals surface area contributed by atoms with Crippen molar-refractivity contribution in [2.45, 2.75) is 46.5 Å². The molecule has 1 N–H and O–H groups in total. The highest BCUT2D eigenvalue weighted by atomic mass is 16.4. The van der Waals surface area contributed by atoms with Crippen molar-refractivity contribution >= 4 is 11.9 Å². The van der Waals surface area contributed by atoms with Crippen LogP contribution in [0, 0.1) is 12.3 Å². The van der Waals surface area contributed by atoms with Crippen molar-refractivity contribution in [3.05, 3.63) is 17.5 Å². The van der Waals surface area contributed by atoms with Crippen molar-refractivity contribution in [2.75, 3.05) is 18.0 Å². The van der Waals surface area contributed by atoms with E-state index in [9.17, 15) is 4.79 Å². The molecule has 0 aliphatic carbocycles. The van der Waals surface area contributed by atoms with Crippen LogP contribution in [0.3, 0.4) is 0 Å². The number of carbonyl (C=O) groups is 1. The molecular formula is C15H23N3O2. The molecule has 1 fully saturated rings. The number of aryl methyl sites for hydroxylation is 1. The molecule has 0 aromatic carbocycles. The van der Waals surface area contributed by atoms with Crippen LogP contribution >= 0.6 is 0 Å². The summed E-state index contributed by atoms with van der Waals surface area (Å²) in [5.74, 6) is -0.437. The fourth-order valence-electron chi connectivity index (χ4n) is 2.94. The molecule has 110 valence electrons. The zero-order chi connectivity index (χ0) is 14.8. The Morgan fingerprint density at radius 3 is 2.40 bits per heavy atom. The van der Waals surface area contributed by atoms with E-state index in [0.717, 1.165) is 25.9 Å². The Kier molecular flexibility index (Phi) is 4.26. The molecule has 2 rings (SSSR count). The van der Waals surface area contributed by atoms with Gasteiger partial charge in [-0.1, -0.05) is 26.7 Å². The Labute approximate surface area is 120 Å². The van der Waals surface area contributed by atoms with E-state index in [1.54, 1.807) is 0 Å². The summed E-state index contributed by atoms with van der Waals surface area (Å²) in [6.07, 6.45) is 4.65. The maximum absolute atomic E-state index is 11.1. The quantitative estimate of drug-likeness (QED) is 0.916. The number of rotatable bonds is 4. The van der Waals surface area contributed by atoms with Crippen molar-refractivity contribution in [2.24, 2.45) is 5.41 Å². The van der Waals surface area contributed by atoms with Gasteiger partial charge in [-0.3, -0.25) is 0 Å². The van der Waals surface area contributed by atoms with E-state index in [1.807, 2.05) is 6.92 Å². The molecule has 0 spiro atoms. The number of hydrogen-bond donors (Lipinski definition) is 1. The minimum atomic E-state index is -0.995. The lowest BCUT2D eigenvalue weighted by molar-refractivity contribution is 0.0690. The maximum Gasteiger partial charge on any atom is 0.354 e. The molecule has 5 nitrogen and oxygen atoms in total. The van der Waals surface area contributed by atoms with Crippen LogP contribution < -0.4 is 4.90 Å². The van der Waals surface area contributed by atoms with Gasteiger partial charge in [-0.2, -0.15) is 0 Å². The van der Waals surface area contributed by atoms with E-state index in [0.29, 0.717) is 17.1 Å². The number of anilines is 1. The number of aromatic carboxylic acids is 1. The summed E-state index contributed by atoms with van der Waals surface area (Å²) in [4.78, 5) is 21.8. The SMILES string of the molecule is CCC1(CC)CCN(c2nc(C)cc(C(=O)O)n2)CC1. The average molecular weight is 277 g/mol. The molecule has 0 atom stereocenters. The fourth-order valence-corrected chi connectivity index (χ4v) is 2.94. The van der Waals surface area contributed by atoms with Gasteiger partial charge in [0, 0.05) is 18.8 Å².